The lowest BCUT2D eigenvalue weighted by Gasteiger charge is -2.25. The van der Waals surface area contributed by atoms with E-state index in [0.29, 0.717) is 4.65 Å². The van der Waals surface area contributed by atoms with E-state index in [9.17, 15) is 4.79 Å². The van der Waals surface area contributed by atoms with Crippen LogP contribution in [0.5, 0.6) is 0 Å². The van der Waals surface area contributed by atoms with Crippen molar-refractivity contribution in [1.29, 1.82) is 0 Å². The molecular weight excluding hydrogens is 204 g/mol. The molecule has 0 aliphatic rings. The average molecular weight is 231 g/mol. The predicted octanol–water partition coefficient (Wildman–Crippen LogP) is 1.36. The molecule has 0 aliphatic carbocycles. The molecule has 0 saturated carbocycles. The van der Waals surface area contributed by atoms with Crippen LogP contribution in [0.15, 0.2) is 0 Å². The van der Waals surface area contributed by atoms with Crippen molar-refractivity contribution in [2.75, 3.05) is 34.3 Å². The Morgan fingerprint density at radius 1 is 1.38 bits per heavy atom. The Balaban J connectivity index is 3.74. The smallest absolute Gasteiger partial charge is 0.146 e. The number of nitrogens with one attached hydrogen (secondary N) is 1. The van der Waals surface area contributed by atoms with Crippen molar-refractivity contribution in [2.45, 2.75) is 39.2 Å². The quantitative estimate of drug-likeness (QED) is 0.370. The van der Waals surface area contributed by atoms with Gasteiger partial charge in [0, 0.05) is 0 Å². The Labute approximate surface area is 99.5 Å². The van der Waals surface area contributed by atoms with E-state index in [4.69, 9.17) is 4.84 Å². The molecule has 1 N–H and O–H groups in total. The second kappa shape index (κ2) is 7.76. The molecular formula is C12H27N2O2+. The molecule has 0 fully saturated rings. The van der Waals surface area contributed by atoms with E-state index >= 15 is 0 Å². The van der Waals surface area contributed by atoms with Crippen LogP contribution in [0.2, 0.25) is 0 Å². The topological polar surface area (TPSA) is 38.3 Å². The number of hydroxylamine groups is 3. The van der Waals surface area contributed by atoms with Gasteiger partial charge in [-0.1, -0.05) is 6.92 Å². The predicted molar refractivity (Wildman–Crippen MR) is 66.0 cm³/mol. The third-order valence-corrected chi connectivity index (χ3v) is 2.87. The van der Waals surface area contributed by atoms with Crippen molar-refractivity contribution in [3.05, 3.63) is 0 Å². The lowest BCUT2D eigenvalue weighted by Crippen LogP contribution is -2.39. The zero-order valence-corrected chi connectivity index (χ0v) is 11.4. The number of carbonyl (C=O) groups excluding carboxylic acids is 1. The van der Waals surface area contributed by atoms with E-state index in [1.807, 2.05) is 21.0 Å². The minimum atomic E-state index is 0.0307. The Hall–Kier alpha value is -0.450. The van der Waals surface area contributed by atoms with Gasteiger partial charge in [0.1, 0.15) is 12.3 Å². The summed E-state index contributed by atoms with van der Waals surface area (Å²) < 4.78 is 0.575. The average Bonchev–Trinajstić information content (AvgIpc) is 2.22. The second-order valence-corrected chi connectivity index (χ2v) is 4.70. The molecule has 0 radical (unpaired) electrons. The number of hydrogen-bond donors (Lipinski definition) is 1. The summed E-state index contributed by atoms with van der Waals surface area (Å²) in [6.45, 7) is 5.51. The number of nitrogens with zero attached hydrogens (tertiary/aromatic N) is 1. The maximum Gasteiger partial charge on any atom is 0.146 e. The fourth-order valence-corrected chi connectivity index (χ4v) is 1.63. The Kier molecular flexibility index (Phi) is 7.55. The fourth-order valence-electron chi connectivity index (χ4n) is 1.63. The SMILES string of the molecule is CCN[C@@H](CCCC[N+](C)(C)OC)C(C)=O. The van der Waals surface area contributed by atoms with Gasteiger partial charge in [-0.25, -0.2) is 4.84 Å². The highest BCUT2D eigenvalue weighted by Gasteiger charge is 2.16. The van der Waals surface area contributed by atoms with Crippen molar-refractivity contribution in [3.63, 3.8) is 0 Å². The van der Waals surface area contributed by atoms with E-state index in [0.717, 1.165) is 32.4 Å². The number of likely N-dealkylation sites (N-methyl/N-ethyl adjacent to an activating group) is 1. The van der Waals surface area contributed by atoms with Crippen LogP contribution in [-0.2, 0) is 9.63 Å². The van der Waals surface area contributed by atoms with Crippen molar-refractivity contribution in [1.82, 2.24) is 5.32 Å². The summed E-state index contributed by atoms with van der Waals surface area (Å²) in [5.74, 6) is 0.238. The van der Waals surface area contributed by atoms with Crippen LogP contribution in [0.4, 0.5) is 0 Å². The molecule has 0 aromatic carbocycles. The van der Waals surface area contributed by atoms with Crippen LogP contribution in [0.3, 0.4) is 0 Å². The first-order valence-electron chi connectivity index (χ1n) is 6.05. The molecule has 96 valence electrons. The summed E-state index contributed by atoms with van der Waals surface area (Å²) in [6, 6.07) is 0.0307. The molecule has 0 aromatic rings. The zero-order valence-electron chi connectivity index (χ0n) is 11.4. The van der Waals surface area contributed by atoms with Crippen LogP contribution in [0, 0.1) is 0 Å². The Morgan fingerprint density at radius 2 is 2.00 bits per heavy atom. The molecule has 0 spiro atoms. The van der Waals surface area contributed by atoms with Gasteiger partial charge in [0.25, 0.3) is 0 Å². The van der Waals surface area contributed by atoms with E-state index in [1.165, 1.54) is 0 Å². The number of hydrogen-bond acceptors (Lipinski definition) is 3. The van der Waals surface area contributed by atoms with Crippen LogP contribution in [0.1, 0.15) is 33.1 Å². The van der Waals surface area contributed by atoms with Crippen LogP contribution in [0.25, 0.3) is 0 Å². The van der Waals surface area contributed by atoms with Gasteiger partial charge in [0.2, 0.25) is 0 Å². The largest absolute Gasteiger partial charge is 0.308 e. The van der Waals surface area contributed by atoms with Gasteiger partial charge in [0.15, 0.2) is 0 Å². The highest BCUT2D eigenvalue weighted by atomic mass is 16.7. The molecule has 0 amide bonds. The normalized spacial score (nSPS) is 13.8. The lowest BCUT2D eigenvalue weighted by atomic mass is 10.1. The number of Topliss-reactive ketones (excluding diaryl/α,β-unsaturated/α-hetero) is 1. The van der Waals surface area contributed by atoms with Gasteiger partial charge in [-0.05, 0) is 32.7 Å². The minimum absolute atomic E-state index is 0.0307. The highest BCUT2D eigenvalue weighted by molar-refractivity contribution is 5.81. The van der Waals surface area contributed by atoms with Crippen molar-refractivity contribution < 1.29 is 14.3 Å². The third-order valence-electron chi connectivity index (χ3n) is 2.87. The number of carbonyl (C=O) groups is 1. The van der Waals surface area contributed by atoms with Crippen LogP contribution >= 0.6 is 0 Å². The molecule has 0 saturated heterocycles. The maximum atomic E-state index is 11.3. The summed E-state index contributed by atoms with van der Waals surface area (Å²) in [7, 11) is 5.79. The molecule has 0 aliphatic heterocycles. The fraction of sp³-hybridized carbons (Fsp3) is 0.917. The number of quaternary nitrogens is 1. The first-order valence-corrected chi connectivity index (χ1v) is 6.05. The highest BCUT2D eigenvalue weighted by Crippen LogP contribution is 2.06. The summed E-state index contributed by atoms with van der Waals surface area (Å²) in [6.07, 6.45) is 3.06. The Bertz CT molecular complexity index is 205. The molecule has 0 unspecified atom stereocenters. The summed E-state index contributed by atoms with van der Waals surface area (Å²) in [5, 5.41) is 3.21. The van der Waals surface area contributed by atoms with E-state index in [1.54, 1.807) is 14.0 Å². The standard InChI is InChI=1S/C12H27N2O2/c1-6-13-12(11(2)15)9-7-8-10-14(3,4)16-5/h12-13H,6-10H2,1-5H3/q+1/t12-/m0/s1. The Morgan fingerprint density at radius 3 is 2.44 bits per heavy atom. The van der Waals surface area contributed by atoms with Crippen LogP contribution in [-0.4, -0.2) is 50.8 Å². The minimum Gasteiger partial charge on any atom is -0.308 e. The lowest BCUT2D eigenvalue weighted by molar-refractivity contribution is -1.07. The van der Waals surface area contributed by atoms with Gasteiger partial charge >= 0.3 is 0 Å². The second-order valence-electron chi connectivity index (χ2n) is 4.70. The molecule has 16 heavy (non-hydrogen) atoms. The van der Waals surface area contributed by atoms with Gasteiger partial charge in [-0.2, -0.15) is 4.65 Å². The molecule has 0 rings (SSSR count). The summed E-state index contributed by atoms with van der Waals surface area (Å²) >= 11 is 0. The molecule has 4 heteroatoms. The van der Waals surface area contributed by atoms with Crippen molar-refractivity contribution in [2.24, 2.45) is 0 Å². The molecule has 4 nitrogen and oxygen atoms in total. The molecule has 1 atom stereocenters. The van der Waals surface area contributed by atoms with Gasteiger partial charge in [0.05, 0.1) is 27.2 Å². The van der Waals surface area contributed by atoms with E-state index in [-0.39, 0.29) is 11.8 Å². The van der Waals surface area contributed by atoms with Gasteiger partial charge in [-0.15, -0.1) is 0 Å². The first-order chi connectivity index (χ1) is 7.43. The number of ketones is 1. The third kappa shape index (κ3) is 6.93. The molecule has 0 aromatic heterocycles. The van der Waals surface area contributed by atoms with Crippen molar-refractivity contribution in [3.8, 4) is 0 Å². The zero-order chi connectivity index (χ0) is 12.6. The van der Waals surface area contributed by atoms with Crippen LogP contribution < -0.4 is 5.32 Å². The molecule has 0 heterocycles. The van der Waals surface area contributed by atoms with Crippen molar-refractivity contribution >= 4 is 5.78 Å². The maximum absolute atomic E-state index is 11.3. The van der Waals surface area contributed by atoms with E-state index in [2.05, 4.69) is 5.32 Å². The number of rotatable bonds is 9. The monoisotopic (exact) mass is 231 g/mol. The summed E-state index contributed by atoms with van der Waals surface area (Å²) in [5.41, 5.74) is 0. The first kappa shape index (κ1) is 15.6. The van der Waals surface area contributed by atoms with E-state index < -0.39 is 0 Å². The van der Waals surface area contributed by atoms with Gasteiger partial charge < -0.3 is 5.32 Å². The van der Waals surface area contributed by atoms with Gasteiger partial charge in [-0.3, -0.25) is 4.79 Å². The number of unbranched alkanes of at least 4 members (excludes halogenated alkanes) is 1. The summed E-state index contributed by atoms with van der Waals surface area (Å²) in [4.78, 5) is 16.6. The molecule has 0 bridgehead atoms.